The number of likely N-dealkylation sites (tertiary alicyclic amines) is 1. The van der Waals surface area contributed by atoms with Gasteiger partial charge >= 0.3 is 6.09 Å². The topological polar surface area (TPSA) is 55.8 Å². The molecule has 0 bridgehead atoms. The van der Waals surface area contributed by atoms with Gasteiger partial charge in [0.2, 0.25) is 0 Å². The molecule has 0 N–H and O–H groups in total. The number of carbonyl (C=O) groups excluding carboxylic acids is 2. The van der Waals surface area contributed by atoms with Gasteiger partial charge in [-0.25, -0.2) is 4.79 Å². The van der Waals surface area contributed by atoms with Crippen molar-refractivity contribution >= 4 is 12.4 Å². The minimum atomic E-state index is -0.470. The maximum Gasteiger partial charge on any atom is 0.410 e. The highest BCUT2D eigenvalue weighted by atomic mass is 16.6. The molecule has 5 nitrogen and oxygen atoms in total. The van der Waals surface area contributed by atoms with Gasteiger partial charge < -0.3 is 14.4 Å². The van der Waals surface area contributed by atoms with Crippen LogP contribution in [0.1, 0.15) is 49.5 Å². The van der Waals surface area contributed by atoms with Crippen molar-refractivity contribution in [3.8, 4) is 5.75 Å². The third-order valence-electron chi connectivity index (χ3n) is 3.76. The van der Waals surface area contributed by atoms with E-state index in [9.17, 15) is 9.59 Å². The summed E-state index contributed by atoms with van der Waals surface area (Å²) in [5.41, 5.74) is 1.11. The van der Waals surface area contributed by atoms with Crippen molar-refractivity contribution < 1.29 is 19.1 Å². The Balaban J connectivity index is 1.86. The van der Waals surface area contributed by atoms with Crippen molar-refractivity contribution in [2.45, 2.75) is 52.2 Å². The molecule has 0 radical (unpaired) electrons. The zero-order chi connectivity index (χ0) is 17.0. The summed E-state index contributed by atoms with van der Waals surface area (Å²) in [4.78, 5) is 24.6. The lowest BCUT2D eigenvalue weighted by Gasteiger charge is -2.33. The van der Waals surface area contributed by atoms with E-state index in [0.717, 1.165) is 30.4 Å². The fourth-order valence-corrected chi connectivity index (χ4v) is 2.53. The summed E-state index contributed by atoms with van der Waals surface area (Å²) in [5.74, 6) is 0.767. The Hall–Kier alpha value is -2.04. The maximum atomic E-state index is 12.0. The van der Waals surface area contributed by atoms with E-state index in [4.69, 9.17) is 9.47 Å². The molecule has 0 spiro atoms. The molecule has 2 rings (SSSR count). The SMILES string of the molecule is Cc1cc(OC2CCN(C(=O)OC(C)(C)C)CC2)ccc1C=O. The molecule has 1 aliphatic rings. The van der Waals surface area contributed by atoms with E-state index in [1.165, 1.54) is 0 Å². The average Bonchev–Trinajstić information content (AvgIpc) is 2.46. The number of hydrogen-bond acceptors (Lipinski definition) is 4. The van der Waals surface area contributed by atoms with Gasteiger partial charge in [-0.3, -0.25) is 4.79 Å². The number of hydrogen-bond donors (Lipinski definition) is 0. The van der Waals surface area contributed by atoms with Gasteiger partial charge in [0.25, 0.3) is 0 Å². The summed E-state index contributed by atoms with van der Waals surface area (Å²) >= 11 is 0. The minimum Gasteiger partial charge on any atom is -0.490 e. The number of ether oxygens (including phenoxy) is 2. The van der Waals surface area contributed by atoms with Crippen LogP contribution in [0.3, 0.4) is 0 Å². The first-order valence-corrected chi connectivity index (χ1v) is 7.99. The molecule has 126 valence electrons. The number of aldehydes is 1. The fourth-order valence-electron chi connectivity index (χ4n) is 2.53. The molecule has 0 aromatic heterocycles. The van der Waals surface area contributed by atoms with Crippen LogP contribution < -0.4 is 4.74 Å². The Kier molecular flexibility index (Phi) is 5.29. The Morgan fingerprint density at radius 1 is 1.26 bits per heavy atom. The minimum absolute atomic E-state index is 0.0789. The van der Waals surface area contributed by atoms with Gasteiger partial charge in [-0.05, 0) is 51.5 Å². The maximum absolute atomic E-state index is 12.0. The highest BCUT2D eigenvalue weighted by Gasteiger charge is 2.27. The lowest BCUT2D eigenvalue weighted by atomic mass is 10.1. The molecular weight excluding hydrogens is 294 g/mol. The van der Waals surface area contributed by atoms with Gasteiger partial charge in [-0.15, -0.1) is 0 Å². The van der Waals surface area contributed by atoms with E-state index in [1.54, 1.807) is 11.0 Å². The molecule has 0 unspecified atom stereocenters. The largest absolute Gasteiger partial charge is 0.490 e. The lowest BCUT2D eigenvalue weighted by molar-refractivity contribution is 0.0126. The van der Waals surface area contributed by atoms with Crippen molar-refractivity contribution in [2.75, 3.05) is 13.1 Å². The molecule has 1 aromatic rings. The predicted octanol–water partition coefficient (Wildman–Crippen LogP) is 3.59. The Labute approximate surface area is 137 Å². The van der Waals surface area contributed by atoms with Gasteiger partial charge in [-0.1, -0.05) is 0 Å². The summed E-state index contributed by atoms with van der Waals surface area (Å²) in [6.07, 6.45) is 2.21. The second-order valence-corrected chi connectivity index (χ2v) is 6.92. The van der Waals surface area contributed by atoms with Gasteiger partial charge in [0.05, 0.1) is 0 Å². The number of rotatable bonds is 3. The molecule has 23 heavy (non-hydrogen) atoms. The van der Waals surface area contributed by atoms with Crippen molar-refractivity contribution in [3.63, 3.8) is 0 Å². The standard InChI is InChI=1S/C18H25NO4/c1-13-11-16(6-5-14(13)12-20)22-15-7-9-19(10-8-15)17(21)23-18(2,3)4/h5-6,11-12,15H,7-10H2,1-4H3. The molecule has 1 aliphatic heterocycles. The number of piperidine rings is 1. The van der Waals surface area contributed by atoms with Gasteiger partial charge in [0.15, 0.2) is 0 Å². The zero-order valence-electron chi connectivity index (χ0n) is 14.3. The van der Waals surface area contributed by atoms with Crippen molar-refractivity contribution in [3.05, 3.63) is 29.3 Å². The second kappa shape index (κ2) is 7.02. The average molecular weight is 319 g/mol. The highest BCUT2D eigenvalue weighted by molar-refractivity contribution is 5.77. The molecule has 1 aromatic carbocycles. The molecule has 1 saturated heterocycles. The highest BCUT2D eigenvalue weighted by Crippen LogP contribution is 2.22. The zero-order valence-corrected chi connectivity index (χ0v) is 14.3. The van der Waals surface area contributed by atoms with E-state index < -0.39 is 5.60 Å². The van der Waals surface area contributed by atoms with Crippen LogP contribution in [0, 0.1) is 6.92 Å². The summed E-state index contributed by atoms with van der Waals surface area (Å²) in [5, 5.41) is 0. The molecule has 1 amide bonds. The van der Waals surface area contributed by atoms with Crippen LogP contribution >= 0.6 is 0 Å². The van der Waals surface area contributed by atoms with Crippen LogP contribution in [0.5, 0.6) is 5.75 Å². The summed E-state index contributed by atoms with van der Waals surface area (Å²) in [6.45, 7) is 8.75. The first kappa shape index (κ1) is 17.3. The predicted molar refractivity (Wildman–Crippen MR) is 88.0 cm³/mol. The van der Waals surface area contributed by atoms with E-state index in [0.29, 0.717) is 18.7 Å². The number of nitrogens with zero attached hydrogens (tertiary/aromatic N) is 1. The van der Waals surface area contributed by atoms with Gasteiger partial charge in [0.1, 0.15) is 23.7 Å². The van der Waals surface area contributed by atoms with E-state index in [-0.39, 0.29) is 12.2 Å². The number of aryl methyl sites for hydroxylation is 1. The lowest BCUT2D eigenvalue weighted by Crippen LogP contribution is -2.44. The summed E-state index contributed by atoms with van der Waals surface area (Å²) < 4.78 is 11.4. The third-order valence-corrected chi connectivity index (χ3v) is 3.76. The van der Waals surface area contributed by atoms with E-state index >= 15 is 0 Å². The summed E-state index contributed by atoms with van der Waals surface area (Å²) in [6, 6.07) is 5.47. The Morgan fingerprint density at radius 3 is 2.43 bits per heavy atom. The second-order valence-electron chi connectivity index (χ2n) is 6.92. The fraction of sp³-hybridized carbons (Fsp3) is 0.556. The van der Waals surface area contributed by atoms with Crippen molar-refractivity contribution in [1.82, 2.24) is 4.90 Å². The Bertz CT molecular complexity index is 569. The summed E-state index contributed by atoms with van der Waals surface area (Å²) in [7, 11) is 0. The molecular formula is C18H25NO4. The number of amides is 1. The third kappa shape index (κ3) is 4.98. The van der Waals surface area contributed by atoms with E-state index in [1.807, 2.05) is 39.8 Å². The van der Waals surface area contributed by atoms with Crippen LogP contribution in [0.15, 0.2) is 18.2 Å². The molecule has 0 saturated carbocycles. The van der Waals surface area contributed by atoms with Crippen LogP contribution in [0.2, 0.25) is 0 Å². The quantitative estimate of drug-likeness (QED) is 0.799. The van der Waals surface area contributed by atoms with Crippen LogP contribution in [0.25, 0.3) is 0 Å². The number of carbonyl (C=O) groups is 2. The van der Waals surface area contributed by atoms with Crippen LogP contribution in [-0.4, -0.2) is 42.1 Å². The monoisotopic (exact) mass is 319 g/mol. The molecule has 1 heterocycles. The van der Waals surface area contributed by atoms with Gasteiger partial charge in [-0.2, -0.15) is 0 Å². The first-order chi connectivity index (χ1) is 10.8. The molecule has 1 fully saturated rings. The van der Waals surface area contributed by atoms with Crippen molar-refractivity contribution in [2.24, 2.45) is 0 Å². The van der Waals surface area contributed by atoms with Gasteiger partial charge in [0, 0.05) is 31.5 Å². The molecule has 5 heteroatoms. The molecule has 0 atom stereocenters. The number of benzene rings is 1. The molecule has 0 aliphatic carbocycles. The van der Waals surface area contributed by atoms with Crippen LogP contribution in [0.4, 0.5) is 4.79 Å². The Morgan fingerprint density at radius 2 is 1.91 bits per heavy atom. The van der Waals surface area contributed by atoms with E-state index in [2.05, 4.69) is 0 Å². The normalized spacial score (nSPS) is 16.1. The van der Waals surface area contributed by atoms with Crippen molar-refractivity contribution in [1.29, 1.82) is 0 Å². The first-order valence-electron chi connectivity index (χ1n) is 7.99. The smallest absolute Gasteiger partial charge is 0.410 e. The van der Waals surface area contributed by atoms with Crippen LogP contribution in [-0.2, 0) is 4.74 Å².